The van der Waals surface area contributed by atoms with Crippen LogP contribution in [0.5, 0.6) is 0 Å². The van der Waals surface area contributed by atoms with Crippen LogP contribution in [0.2, 0.25) is 5.02 Å². The highest BCUT2D eigenvalue weighted by Crippen LogP contribution is 2.33. The second kappa shape index (κ2) is 8.30. The fourth-order valence-electron chi connectivity index (χ4n) is 3.83. The van der Waals surface area contributed by atoms with Crippen LogP contribution in [0.1, 0.15) is 19.8 Å². The molecule has 0 amide bonds. The molecule has 152 valence electrons. The van der Waals surface area contributed by atoms with Gasteiger partial charge in [-0.2, -0.15) is 0 Å². The minimum absolute atomic E-state index is 0.156. The Morgan fingerprint density at radius 3 is 2.66 bits per heavy atom. The summed E-state index contributed by atoms with van der Waals surface area (Å²) >= 11 is 6.19. The van der Waals surface area contributed by atoms with Gasteiger partial charge in [-0.3, -0.25) is 4.98 Å². The summed E-state index contributed by atoms with van der Waals surface area (Å²) in [6.07, 6.45) is 5.23. The largest absolute Gasteiger partial charge is 0.382 e. The molecule has 0 spiro atoms. The van der Waals surface area contributed by atoms with E-state index in [0.29, 0.717) is 18.1 Å². The average molecular weight is 430 g/mol. The maximum atomic E-state index is 12.1. The Morgan fingerprint density at radius 2 is 1.93 bits per heavy atom. The van der Waals surface area contributed by atoms with Gasteiger partial charge in [-0.25, -0.2) is 12.7 Å². The van der Waals surface area contributed by atoms with E-state index >= 15 is 0 Å². The highest BCUT2D eigenvalue weighted by molar-refractivity contribution is 7.89. The zero-order valence-corrected chi connectivity index (χ0v) is 17.9. The summed E-state index contributed by atoms with van der Waals surface area (Å²) in [6, 6.07) is 14.3. The van der Waals surface area contributed by atoms with Crippen molar-refractivity contribution >= 4 is 38.1 Å². The molecule has 4 rings (SSSR count). The zero-order chi connectivity index (χ0) is 20.4. The fourth-order valence-corrected chi connectivity index (χ4v) is 5.16. The van der Waals surface area contributed by atoms with Crippen LogP contribution >= 0.6 is 11.6 Å². The summed E-state index contributed by atoms with van der Waals surface area (Å²) in [4.78, 5) is 4.29. The second-order valence-electron chi connectivity index (χ2n) is 7.35. The molecule has 3 aromatic rings. The lowest BCUT2D eigenvalue weighted by molar-refractivity contribution is 0.330. The van der Waals surface area contributed by atoms with Crippen molar-refractivity contribution in [2.45, 2.75) is 25.8 Å². The molecular weight excluding hydrogens is 406 g/mol. The standard InChI is InChI=1S/C22H24ClN3O2S/c1-2-29(27,28)26-10-7-20(8-11-26)25-22-14-18(16-4-3-5-19(23)13-16)12-17-6-9-24-15-21(17)22/h3-6,9,12-15,20,25H,2,7-8,10-11H2,1H3. The lowest BCUT2D eigenvalue weighted by Crippen LogP contribution is -2.42. The van der Waals surface area contributed by atoms with Crippen LogP contribution in [0.15, 0.2) is 54.9 Å². The van der Waals surface area contributed by atoms with E-state index in [1.165, 1.54) is 0 Å². The molecule has 0 radical (unpaired) electrons. The first kappa shape index (κ1) is 20.1. The van der Waals surface area contributed by atoms with Crippen molar-refractivity contribution in [1.29, 1.82) is 0 Å². The summed E-state index contributed by atoms with van der Waals surface area (Å²) in [6.45, 7) is 2.80. The molecule has 1 aromatic heterocycles. The second-order valence-corrected chi connectivity index (χ2v) is 10.0. The predicted molar refractivity (Wildman–Crippen MR) is 120 cm³/mol. The van der Waals surface area contributed by atoms with Gasteiger partial charge in [-0.15, -0.1) is 0 Å². The highest BCUT2D eigenvalue weighted by atomic mass is 35.5. The fraction of sp³-hybridized carbons (Fsp3) is 0.318. The van der Waals surface area contributed by atoms with E-state index in [1.807, 2.05) is 36.5 Å². The number of pyridine rings is 1. The first-order chi connectivity index (χ1) is 14.0. The molecule has 0 bridgehead atoms. The van der Waals surface area contributed by atoms with Crippen LogP contribution < -0.4 is 5.32 Å². The van der Waals surface area contributed by atoms with Gasteiger partial charge >= 0.3 is 0 Å². The van der Waals surface area contributed by atoms with E-state index in [0.717, 1.165) is 40.4 Å². The number of piperidine rings is 1. The van der Waals surface area contributed by atoms with E-state index in [4.69, 9.17) is 11.6 Å². The third-order valence-electron chi connectivity index (χ3n) is 5.49. The van der Waals surface area contributed by atoms with Gasteiger partial charge in [0.15, 0.2) is 0 Å². The van der Waals surface area contributed by atoms with Crippen LogP contribution in [-0.4, -0.2) is 42.6 Å². The van der Waals surface area contributed by atoms with Gasteiger partial charge in [0.1, 0.15) is 0 Å². The smallest absolute Gasteiger partial charge is 0.213 e. The van der Waals surface area contributed by atoms with Crippen molar-refractivity contribution in [3.05, 3.63) is 59.9 Å². The van der Waals surface area contributed by atoms with Crippen molar-refractivity contribution in [2.75, 3.05) is 24.2 Å². The lowest BCUT2D eigenvalue weighted by Gasteiger charge is -2.32. The predicted octanol–water partition coefficient (Wildman–Crippen LogP) is 4.78. The summed E-state index contributed by atoms with van der Waals surface area (Å²) in [5.74, 6) is 0.156. The maximum absolute atomic E-state index is 12.1. The first-order valence-corrected chi connectivity index (χ1v) is 11.8. The molecule has 1 aliphatic rings. The molecule has 0 unspecified atom stereocenters. The van der Waals surface area contributed by atoms with Gasteiger partial charge in [0, 0.05) is 47.6 Å². The van der Waals surface area contributed by atoms with E-state index in [2.05, 4.69) is 22.4 Å². The number of hydrogen-bond donors (Lipinski definition) is 1. The van der Waals surface area contributed by atoms with Crippen LogP contribution in [-0.2, 0) is 10.0 Å². The summed E-state index contributed by atoms with van der Waals surface area (Å²) < 4.78 is 25.8. The zero-order valence-electron chi connectivity index (χ0n) is 16.3. The van der Waals surface area contributed by atoms with Gasteiger partial charge in [0.25, 0.3) is 0 Å². The van der Waals surface area contributed by atoms with Gasteiger partial charge in [0.05, 0.1) is 5.75 Å². The number of hydrogen-bond acceptors (Lipinski definition) is 4. The molecule has 1 N–H and O–H groups in total. The molecule has 7 heteroatoms. The van der Waals surface area contributed by atoms with Crippen LogP contribution in [0.3, 0.4) is 0 Å². The van der Waals surface area contributed by atoms with Gasteiger partial charge in [0.2, 0.25) is 10.0 Å². The number of nitrogens with one attached hydrogen (secondary N) is 1. The Kier molecular flexibility index (Phi) is 5.76. The number of halogens is 1. The Hall–Kier alpha value is -2.15. The summed E-state index contributed by atoms with van der Waals surface area (Å²) in [5.41, 5.74) is 3.16. The van der Waals surface area contributed by atoms with E-state index in [1.54, 1.807) is 17.4 Å². The Labute approximate surface area is 176 Å². The minimum Gasteiger partial charge on any atom is -0.382 e. The van der Waals surface area contributed by atoms with Gasteiger partial charge in [-0.05, 0) is 66.6 Å². The summed E-state index contributed by atoms with van der Waals surface area (Å²) in [7, 11) is -3.12. The van der Waals surface area contributed by atoms with Crippen LogP contribution in [0.25, 0.3) is 21.9 Å². The highest BCUT2D eigenvalue weighted by Gasteiger charge is 2.26. The molecular formula is C22H24ClN3O2S. The molecule has 1 fully saturated rings. The topological polar surface area (TPSA) is 62.3 Å². The molecule has 0 aliphatic carbocycles. The normalized spacial score (nSPS) is 16.2. The van der Waals surface area contributed by atoms with Gasteiger partial charge in [-0.1, -0.05) is 23.7 Å². The molecule has 1 aliphatic heterocycles. The monoisotopic (exact) mass is 429 g/mol. The molecule has 0 saturated carbocycles. The number of benzene rings is 2. The molecule has 29 heavy (non-hydrogen) atoms. The van der Waals surface area contributed by atoms with E-state index in [9.17, 15) is 8.42 Å². The molecule has 1 saturated heterocycles. The number of sulfonamides is 1. The molecule has 2 heterocycles. The molecule has 5 nitrogen and oxygen atoms in total. The lowest BCUT2D eigenvalue weighted by atomic mass is 9.99. The van der Waals surface area contributed by atoms with Gasteiger partial charge < -0.3 is 5.32 Å². The Bertz CT molecular complexity index is 1130. The number of fused-ring (bicyclic) bond motifs is 1. The van der Waals surface area contributed by atoms with Crippen molar-refractivity contribution in [3.8, 4) is 11.1 Å². The third kappa shape index (κ3) is 4.39. The number of anilines is 1. The maximum Gasteiger partial charge on any atom is 0.213 e. The SMILES string of the molecule is CCS(=O)(=O)N1CCC(Nc2cc(-c3cccc(Cl)c3)cc3ccncc23)CC1. The van der Waals surface area contributed by atoms with Crippen LogP contribution in [0, 0.1) is 0 Å². The van der Waals surface area contributed by atoms with Crippen LogP contribution in [0.4, 0.5) is 5.69 Å². The first-order valence-electron chi connectivity index (χ1n) is 9.84. The van der Waals surface area contributed by atoms with Crippen molar-refractivity contribution in [1.82, 2.24) is 9.29 Å². The Balaban J connectivity index is 1.62. The van der Waals surface area contributed by atoms with Crippen molar-refractivity contribution in [3.63, 3.8) is 0 Å². The Morgan fingerprint density at radius 1 is 1.14 bits per heavy atom. The average Bonchev–Trinajstić information content (AvgIpc) is 2.74. The number of nitrogens with zero attached hydrogens (tertiary/aromatic N) is 2. The summed E-state index contributed by atoms with van der Waals surface area (Å²) in [5, 5.41) is 6.51. The number of rotatable bonds is 5. The van der Waals surface area contributed by atoms with Crippen molar-refractivity contribution < 1.29 is 8.42 Å². The van der Waals surface area contributed by atoms with Crippen molar-refractivity contribution in [2.24, 2.45) is 0 Å². The molecule has 0 atom stereocenters. The van der Waals surface area contributed by atoms with E-state index < -0.39 is 10.0 Å². The molecule has 2 aromatic carbocycles. The third-order valence-corrected chi connectivity index (χ3v) is 7.60. The quantitative estimate of drug-likeness (QED) is 0.633. The van der Waals surface area contributed by atoms with E-state index in [-0.39, 0.29) is 11.8 Å². The number of aromatic nitrogens is 1. The minimum atomic E-state index is -3.12.